The van der Waals surface area contributed by atoms with Gasteiger partial charge in [0.05, 0.1) is 29.1 Å². The van der Waals surface area contributed by atoms with Crippen LogP contribution in [0.2, 0.25) is 0 Å². The van der Waals surface area contributed by atoms with Crippen LogP contribution in [0.1, 0.15) is 54.3 Å². The molecule has 3 N–H and O–H groups in total. The number of nitrogens with two attached hydrogens (primary N) is 1. The number of hydrogen-bond donors (Lipinski definition) is 2. The summed E-state index contributed by atoms with van der Waals surface area (Å²) in [5.41, 5.74) is 3.48. The van der Waals surface area contributed by atoms with Crippen LogP contribution in [0.5, 0.6) is 0 Å². The van der Waals surface area contributed by atoms with E-state index in [0.29, 0.717) is 46.9 Å². The summed E-state index contributed by atoms with van der Waals surface area (Å²) in [5.74, 6) is -1.74. The van der Waals surface area contributed by atoms with Gasteiger partial charge >= 0.3 is 11.7 Å². The van der Waals surface area contributed by atoms with Crippen molar-refractivity contribution < 1.29 is 28.6 Å². The van der Waals surface area contributed by atoms with Gasteiger partial charge in [-0.15, -0.1) is 11.3 Å². The summed E-state index contributed by atoms with van der Waals surface area (Å²) in [5, 5.41) is 10.2. The number of oxazole rings is 1. The molecule has 3 aromatic heterocycles. The number of aromatic nitrogens is 3. The second-order valence-corrected chi connectivity index (χ2v) is 11.4. The number of aliphatic carboxylic acids is 1. The summed E-state index contributed by atoms with van der Waals surface area (Å²) in [6.07, 6.45) is 3.02. The monoisotopic (exact) mass is 582 g/mol. The van der Waals surface area contributed by atoms with E-state index >= 15 is 0 Å². The van der Waals surface area contributed by atoms with Crippen molar-refractivity contribution in [1.82, 2.24) is 14.1 Å². The maximum absolute atomic E-state index is 14.1. The van der Waals surface area contributed by atoms with Gasteiger partial charge in [-0.25, -0.2) is 19.1 Å². The van der Waals surface area contributed by atoms with Crippen LogP contribution in [0.3, 0.4) is 0 Å². The van der Waals surface area contributed by atoms with E-state index in [1.807, 2.05) is 0 Å². The second-order valence-electron chi connectivity index (χ2n) is 10.4. The predicted molar refractivity (Wildman–Crippen MR) is 150 cm³/mol. The average Bonchev–Trinajstić information content (AvgIpc) is 3.59. The Hall–Kier alpha value is -4.07. The van der Waals surface area contributed by atoms with E-state index in [0.717, 1.165) is 15.9 Å². The van der Waals surface area contributed by atoms with Gasteiger partial charge < -0.3 is 24.7 Å². The van der Waals surface area contributed by atoms with Gasteiger partial charge in [-0.05, 0) is 50.8 Å². The number of amides is 1. The Labute approximate surface area is 237 Å². The van der Waals surface area contributed by atoms with Crippen molar-refractivity contribution in [3.63, 3.8) is 0 Å². The molecule has 0 spiro atoms. The summed E-state index contributed by atoms with van der Waals surface area (Å²) in [7, 11) is 0. The number of rotatable bonds is 9. The quantitative estimate of drug-likeness (QED) is 0.301. The van der Waals surface area contributed by atoms with E-state index in [1.165, 1.54) is 30.9 Å². The average molecular weight is 583 g/mol. The fourth-order valence-corrected chi connectivity index (χ4v) is 6.30. The van der Waals surface area contributed by atoms with Gasteiger partial charge in [0.1, 0.15) is 22.7 Å². The molecule has 0 saturated carbocycles. The first kappa shape index (κ1) is 28.5. The molecule has 1 fully saturated rings. The fourth-order valence-electron chi connectivity index (χ4n) is 5.06. The molecule has 1 aromatic carbocycles. The normalized spacial score (nSPS) is 15.3. The molecule has 41 heavy (non-hydrogen) atoms. The molecular formula is C28H30N4O8S. The summed E-state index contributed by atoms with van der Waals surface area (Å²) < 4.78 is 19.6. The minimum absolute atomic E-state index is 0.127. The van der Waals surface area contributed by atoms with E-state index in [9.17, 15) is 24.3 Å². The van der Waals surface area contributed by atoms with Gasteiger partial charge in [0.2, 0.25) is 11.8 Å². The number of fused-ring (bicyclic) bond motifs is 1. The minimum Gasteiger partial charge on any atom is -0.480 e. The Balaban J connectivity index is 1.77. The third-order valence-electron chi connectivity index (χ3n) is 7.37. The Kier molecular flexibility index (Phi) is 7.68. The maximum Gasteiger partial charge on any atom is 0.333 e. The fraction of sp³-hybridized carbons (Fsp3) is 0.393. The second kappa shape index (κ2) is 11.1. The smallest absolute Gasteiger partial charge is 0.333 e. The number of carboxylic acids is 1. The highest BCUT2D eigenvalue weighted by Gasteiger charge is 2.36. The molecule has 1 unspecified atom stereocenters. The lowest BCUT2D eigenvalue weighted by atomic mass is 10.0. The van der Waals surface area contributed by atoms with Crippen molar-refractivity contribution >= 4 is 33.4 Å². The Morgan fingerprint density at radius 1 is 1.24 bits per heavy atom. The van der Waals surface area contributed by atoms with Crippen LogP contribution < -0.4 is 17.0 Å². The molecular weight excluding hydrogens is 552 g/mol. The van der Waals surface area contributed by atoms with Gasteiger partial charge in [-0.3, -0.25) is 14.2 Å². The zero-order valence-electron chi connectivity index (χ0n) is 22.8. The molecule has 1 aliphatic rings. The third kappa shape index (κ3) is 5.11. The van der Waals surface area contributed by atoms with Crippen molar-refractivity contribution in [2.75, 3.05) is 13.2 Å². The zero-order chi connectivity index (χ0) is 29.5. The highest BCUT2D eigenvalue weighted by molar-refractivity contribution is 7.22. The third-order valence-corrected chi connectivity index (χ3v) is 8.67. The topological polar surface area (TPSA) is 169 Å². The van der Waals surface area contributed by atoms with Crippen molar-refractivity contribution in [2.24, 2.45) is 5.73 Å². The molecule has 5 rings (SSSR count). The number of thiophene rings is 1. The lowest BCUT2D eigenvalue weighted by Gasteiger charge is -2.30. The van der Waals surface area contributed by atoms with Crippen molar-refractivity contribution in [3.8, 4) is 10.8 Å². The molecule has 4 heterocycles. The number of nitrogens with zero attached hydrogens (tertiary/aromatic N) is 3. The van der Waals surface area contributed by atoms with Crippen LogP contribution in [0.25, 0.3) is 21.0 Å². The molecule has 1 aliphatic heterocycles. The van der Waals surface area contributed by atoms with Crippen LogP contribution in [0.4, 0.5) is 0 Å². The van der Waals surface area contributed by atoms with Gasteiger partial charge in [0.15, 0.2) is 0 Å². The molecule has 13 heteroatoms. The molecule has 0 radical (unpaired) electrons. The molecule has 0 aliphatic carbocycles. The first-order valence-corrected chi connectivity index (χ1v) is 13.9. The van der Waals surface area contributed by atoms with Gasteiger partial charge in [-0.2, -0.15) is 0 Å². The Morgan fingerprint density at radius 2 is 1.95 bits per heavy atom. The first-order chi connectivity index (χ1) is 19.5. The van der Waals surface area contributed by atoms with Crippen LogP contribution in [0, 0.1) is 6.92 Å². The highest BCUT2D eigenvalue weighted by atomic mass is 32.1. The largest absolute Gasteiger partial charge is 0.480 e. The molecule has 4 aromatic rings. The SMILES string of the molecule is Cc1c(-c2ncco2)sc2c1c(=O)n(C(C)(C)C(=O)O)c(=O)n2CC(OC1CCOCC1)c1ccccc1C(N)=O. The van der Waals surface area contributed by atoms with E-state index < -0.39 is 34.8 Å². The summed E-state index contributed by atoms with van der Waals surface area (Å²) in [4.78, 5) is 57.6. The van der Waals surface area contributed by atoms with Crippen LogP contribution in [-0.4, -0.2) is 50.4 Å². The number of carboxylic acid groups (broad SMARTS) is 1. The van der Waals surface area contributed by atoms with E-state index in [-0.39, 0.29) is 29.5 Å². The summed E-state index contributed by atoms with van der Waals surface area (Å²) >= 11 is 1.14. The molecule has 0 bridgehead atoms. The summed E-state index contributed by atoms with van der Waals surface area (Å²) in [6.45, 7) is 5.16. The zero-order valence-corrected chi connectivity index (χ0v) is 23.6. The number of carbonyl (C=O) groups is 2. The Morgan fingerprint density at radius 3 is 2.59 bits per heavy atom. The van der Waals surface area contributed by atoms with Crippen LogP contribution >= 0.6 is 11.3 Å². The number of benzene rings is 1. The van der Waals surface area contributed by atoms with Crippen molar-refractivity contribution in [3.05, 3.63) is 74.3 Å². The number of primary amides is 1. The van der Waals surface area contributed by atoms with Crippen LogP contribution in [-0.2, 0) is 26.4 Å². The highest BCUT2D eigenvalue weighted by Crippen LogP contribution is 2.37. The van der Waals surface area contributed by atoms with Crippen LogP contribution in [0.15, 0.2) is 50.7 Å². The molecule has 12 nitrogen and oxygen atoms in total. The minimum atomic E-state index is -1.87. The molecule has 1 saturated heterocycles. The molecule has 1 amide bonds. The number of aryl methyl sites for hydroxylation is 1. The maximum atomic E-state index is 14.1. The van der Waals surface area contributed by atoms with Crippen molar-refractivity contribution in [1.29, 1.82) is 0 Å². The Bertz CT molecular complexity index is 1730. The van der Waals surface area contributed by atoms with Gasteiger partial charge in [0, 0.05) is 18.8 Å². The van der Waals surface area contributed by atoms with Gasteiger partial charge in [-0.1, -0.05) is 18.2 Å². The van der Waals surface area contributed by atoms with E-state index in [2.05, 4.69) is 4.98 Å². The number of ether oxygens (including phenoxy) is 2. The standard InChI is InChI=1S/C28H30N4O8S/c1-15-20-24(34)32(28(2,3)26(35)36)27(37)31(25(20)41-21(15)23-30-10-13-39-23)14-19(40-16-8-11-38-12-9-16)17-6-4-5-7-18(17)22(29)33/h4-7,10,13,16,19H,8-9,11-12,14H2,1-3H3,(H2,29,33)(H,35,36). The van der Waals surface area contributed by atoms with E-state index in [4.69, 9.17) is 19.6 Å². The predicted octanol–water partition coefficient (Wildman–Crippen LogP) is 3.04. The number of hydrogen-bond acceptors (Lipinski definition) is 9. The van der Waals surface area contributed by atoms with Crippen molar-refractivity contribution in [2.45, 2.75) is 57.9 Å². The lowest BCUT2D eigenvalue weighted by Crippen LogP contribution is -2.52. The number of carbonyl (C=O) groups excluding carboxylic acids is 1. The lowest BCUT2D eigenvalue weighted by molar-refractivity contribution is -0.146. The van der Waals surface area contributed by atoms with Gasteiger partial charge in [0.25, 0.3) is 5.56 Å². The first-order valence-electron chi connectivity index (χ1n) is 13.1. The van der Waals surface area contributed by atoms with E-state index in [1.54, 1.807) is 31.2 Å². The molecule has 216 valence electrons. The summed E-state index contributed by atoms with van der Waals surface area (Å²) in [6, 6.07) is 6.72. The molecule has 1 atom stereocenters.